The van der Waals surface area contributed by atoms with Crippen LogP contribution in [0.15, 0.2) is 73.6 Å². The van der Waals surface area contributed by atoms with Gasteiger partial charge in [0.1, 0.15) is 0 Å². The molecule has 0 atom stereocenters. The fraction of sp³-hybridized carbons (Fsp3) is 0.207. The van der Waals surface area contributed by atoms with Gasteiger partial charge in [0.05, 0.1) is 34.0 Å². The third-order valence-corrected chi connectivity index (χ3v) is 6.37. The van der Waals surface area contributed by atoms with Gasteiger partial charge in [-0.1, -0.05) is 48.5 Å². The number of anilines is 4. The lowest BCUT2D eigenvalue weighted by Gasteiger charge is -2.26. The molecule has 0 aliphatic heterocycles. The highest BCUT2D eigenvalue weighted by molar-refractivity contribution is 6.33. The minimum absolute atomic E-state index is 0.0377. The minimum Gasteiger partial charge on any atom is -0.403 e. The zero-order valence-electron chi connectivity index (χ0n) is 23.1. The van der Waals surface area contributed by atoms with Crippen LogP contribution in [0.25, 0.3) is 22.2 Å². The van der Waals surface area contributed by atoms with Crippen LogP contribution in [0.4, 0.5) is 36.2 Å². The van der Waals surface area contributed by atoms with Gasteiger partial charge in [0.15, 0.2) is 5.75 Å². The van der Waals surface area contributed by atoms with E-state index in [1.54, 1.807) is 18.1 Å². The van der Waals surface area contributed by atoms with Crippen molar-refractivity contribution in [3.8, 4) is 17.0 Å². The number of rotatable bonds is 11. The number of fused-ring (bicyclic) bond motifs is 1. The monoisotopic (exact) mass is 599 g/mol. The second kappa shape index (κ2) is 13.0. The van der Waals surface area contributed by atoms with Crippen LogP contribution in [0, 0.1) is 0 Å². The number of carbonyl (C=O) groups is 1. The number of aromatic nitrogens is 3. The number of nitrogens with one attached hydrogen (secondary N) is 3. The molecule has 0 spiro atoms. The lowest BCUT2D eigenvalue weighted by Crippen LogP contribution is -2.29. The molecule has 2 aromatic carbocycles. The van der Waals surface area contributed by atoms with E-state index in [9.17, 15) is 18.0 Å². The molecule has 2 aromatic heterocycles. The minimum atomic E-state index is -5.00. The summed E-state index contributed by atoms with van der Waals surface area (Å²) in [5.74, 6) is -1.08. The lowest BCUT2D eigenvalue weighted by atomic mass is 10.1. The third kappa shape index (κ3) is 7.59. The Labute approximate surface area is 245 Å². The summed E-state index contributed by atoms with van der Waals surface area (Å²) < 4.78 is 45.0. The summed E-state index contributed by atoms with van der Waals surface area (Å²) in [6, 6.07) is 10.1. The van der Waals surface area contributed by atoms with Crippen molar-refractivity contribution in [3.05, 3.63) is 78.6 Å². The molecule has 0 aliphatic rings. The van der Waals surface area contributed by atoms with Crippen LogP contribution in [0.2, 0.25) is 5.02 Å². The van der Waals surface area contributed by atoms with Gasteiger partial charge in [-0.3, -0.25) is 4.79 Å². The van der Waals surface area contributed by atoms with Gasteiger partial charge in [-0.2, -0.15) is 0 Å². The fourth-order valence-corrected chi connectivity index (χ4v) is 4.29. The van der Waals surface area contributed by atoms with Crippen LogP contribution in [0.3, 0.4) is 0 Å². The lowest BCUT2D eigenvalue weighted by molar-refractivity contribution is -0.274. The largest absolute Gasteiger partial charge is 0.573 e. The molecule has 4 rings (SSSR count). The second-order valence-electron chi connectivity index (χ2n) is 9.49. The van der Waals surface area contributed by atoms with E-state index in [1.165, 1.54) is 36.6 Å². The number of hydrogen-bond donors (Lipinski definition) is 3. The van der Waals surface area contributed by atoms with Gasteiger partial charge in [-0.25, -0.2) is 9.97 Å². The van der Waals surface area contributed by atoms with E-state index in [-0.39, 0.29) is 22.3 Å². The molecule has 0 unspecified atom stereocenters. The third-order valence-electron chi connectivity index (χ3n) is 6.09. The Morgan fingerprint density at radius 2 is 1.93 bits per heavy atom. The number of ether oxygens (including phenoxy) is 1. The number of para-hydroxylation sites is 1. The first-order valence-corrected chi connectivity index (χ1v) is 13.1. The van der Waals surface area contributed by atoms with E-state index < -0.39 is 18.0 Å². The molecule has 4 aromatic rings. The number of hydrogen-bond acceptors (Lipinski definition) is 7. The first-order chi connectivity index (χ1) is 19.9. The number of nitrogens with zero attached hydrogens (tertiary/aromatic N) is 4. The molecule has 9 nitrogen and oxygen atoms in total. The number of aromatic amines is 1. The van der Waals surface area contributed by atoms with Crippen LogP contribution in [-0.2, 0) is 4.79 Å². The van der Waals surface area contributed by atoms with E-state index in [1.807, 2.05) is 43.3 Å². The molecule has 3 N–H and O–H groups in total. The van der Waals surface area contributed by atoms with Crippen molar-refractivity contribution in [2.45, 2.75) is 6.36 Å². The van der Waals surface area contributed by atoms with Crippen LogP contribution in [0.5, 0.6) is 5.75 Å². The van der Waals surface area contributed by atoms with Crippen LogP contribution < -0.4 is 20.3 Å². The van der Waals surface area contributed by atoms with Gasteiger partial charge >= 0.3 is 6.36 Å². The average Bonchev–Trinajstić information content (AvgIpc) is 3.36. The quantitative estimate of drug-likeness (QED) is 0.132. The zero-order valence-corrected chi connectivity index (χ0v) is 23.8. The Morgan fingerprint density at radius 3 is 2.64 bits per heavy atom. The molecule has 1 amide bonds. The first kappa shape index (κ1) is 30.4. The van der Waals surface area contributed by atoms with Gasteiger partial charge in [0, 0.05) is 54.9 Å². The molecule has 2 heterocycles. The molecule has 13 heteroatoms. The van der Waals surface area contributed by atoms with Crippen molar-refractivity contribution >= 4 is 51.4 Å². The van der Waals surface area contributed by atoms with E-state index in [2.05, 4.69) is 36.9 Å². The number of benzene rings is 2. The summed E-state index contributed by atoms with van der Waals surface area (Å²) in [6.07, 6.45) is 2.22. The molecular weight excluding hydrogens is 571 g/mol. The van der Waals surface area contributed by atoms with Crippen molar-refractivity contribution in [2.24, 2.45) is 0 Å². The highest BCUT2D eigenvalue weighted by Gasteiger charge is 2.33. The molecule has 0 saturated carbocycles. The van der Waals surface area contributed by atoms with Crippen LogP contribution in [-0.4, -0.2) is 66.4 Å². The Morgan fingerprint density at radius 1 is 1.17 bits per heavy atom. The maximum atomic E-state index is 13.5. The van der Waals surface area contributed by atoms with E-state index in [0.717, 1.165) is 10.9 Å². The average molecular weight is 600 g/mol. The van der Waals surface area contributed by atoms with E-state index in [4.69, 9.17) is 11.6 Å². The number of carbonyl (C=O) groups excluding carboxylic acids is 1. The summed E-state index contributed by atoms with van der Waals surface area (Å²) in [5, 5.41) is 6.64. The maximum absolute atomic E-state index is 13.5. The summed E-state index contributed by atoms with van der Waals surface area (Å²) in [6.45, 7) is 4.59. The Bertz CT molecular complexity index is 1620. The van der Waals surface area contributed by atoms with Gasteiger partial charge in [0.2, 0.25) is 11.9 Å². The topological polar surface area (TPSA) is 98.4 Å². The SMILES string of the molecule is C=C/C=C/C(=O)Nc1cc(Nc2ncc(Cl)c(-c3c[nH]c4ccccc34)n2)c(OC(F)(F)F)cc1N(C)CCN(C)C. The molecular formula is C29H29ClF3N7O2. The summed E-state index contributed by atoms with van der Waals surface area (Å²) >= 11 is 6.43. The second-order valence-corrected chi connectivity index (χ2v) is 9.89. The summed E-state index contributed by atoms with van der Waals surface area (Å²) in [7, 11) is 5.45. The van der Waals surface area contributed by atoms with Gasteiger partial charge in [0.25, 0.3) is 0 Å². The van der Waals surface area contributed by atoms with Crippen molar-refractivity contribution in [1.82, 2.24) is 19.9 Å². The molecule has 42 heavy (non-hydrogen) atoms. The van der Waals surface area contributed by atoms with Gasteiger partial charge in [-0.15, -0.1) is 13.2 Å². The predicted octanol–water partition coefficient (Wildman–Crippen LogP) is 6.60. The van der Waals surface area contributed by atoms with Crippen LogP contribution >= 0.6 is 11.6 Å². The molecule has 0 bridgehead atoms. The molecule has 0 radical (unpaired) electrons. The van der Waals surface area contributed by atoms with Crippen molar-refractivity contribution in [3.63, 3.8) is 0 Å². The summed E-state index contributed by atoms with van der Waals surface area (Å²) in [5.41, 5.74) is 2.32. The van der Waals surface area contributed by atoms with Crippen LogP contribution in [0.1, 0.15) is 0 Å². The number of allylic oxidation sites excluding steroid dienone is 2. The fourth-order valence-electron chi connectivity index (χ4n) is 4.10. The molecule has 0 aliphatic carbocycles. The number of amides is 1. The highest BCUT2D eigenvalue weighted by Crippen LogP contribution is 2.41. The highest BCUT2D eigenvalue weighted by atomic mass is 35.5. The van der Waals surface area contributed by atoms with E-state index in [0.29, 0.717) is 30.0 Å². The maximum Gasteiger partial charge on any atom is 0.573 e. The molecule has 0 fully saturated rings. The number of halogens is 4. The number of likely N-dealkylation sites (N-methyl/N-ethyl adjacent to an activating group) is 2. The summed E-state index contributed by atoms with van der Waals surface area (Å²) in [4.78, 5) is 28.0. The number of H-pyrrole nitrogens is 1. The normalized spacial score (nSPS) is 11.7. The standard InChI is InChI=1S/C29H29ClF3N7O2/c1-5-6-11-26(41)36-22-14-23(25(42-29(31,32)33)15-24(22)40(4)13-12-39(2)3)37-28-35-17-20(30)27(38-28)19-16-34-21-10-8-7-9-18(19)21/h5-11,14-17,34H,1,12-13H2,2-4H3,(H,36,41)(H,35,37,38)/b11-6+. The first-order valence-electron chi connectivity index (χ1n) is 12.7. The molecule has 220 valence electrons. The zero-order chi connectivity index (χ0) is 30.4. The van der Waals surface area contributed by atoms with E-state index >= 15 is 0 Å². The molecule has 0 saturated heterocycles. The Balaban J connectivity index is 1.79. The van der Waals surface area contributed by atoms with Crippen molar-refractivity contribution in [1.29, 1.82) is 0 Å². The Kier molecular flexibility index (Phi) is 9.38. The van der Waals surface area contributed by atoms with Crippen molar-refractivity contribution < 1.29 is 22.7 Å². The van der Waals surface area contributed by atoms with Gasteiger partial charge in [-0.05, 0) is 26.2 Å². The Hall–Kier alpha value is -4.55. The van der Waals surface area contributed by atoms with Crippen molar-refractivity contribution in [2.75, 3.05) is 49.8 Å². The number of alkyl halides is 3. The van der Waals surface area contributed by atoms with Gasteiger partial charge < -0.3 is 30.2 Å². The predicted molar refractivity (Wildman–Crippen MR) is 161 cm³/mol. The smallest absolute Gasteiger partial charge is 0.403 e.